The van der Waals surface area contributed by atoms with Crippen molar-refractivity contribution in [3.05, 3.63) is 28.2 Å². The first-order valence-electron chi connectivity index (χ1n) is 3.53. The molecule has 0 aliphatic rings. The van der Waals surface area contributed by atoms with Gasteiger partial charge >= 0.3 is 0 Å². The van der Waals surface area contributed by atoms with E-state index in [-0.39, 0.29) is 5.06 Å². The van der Waals surface area contributed by atoms with Crippen LogP contribution >= 0.6 is 27.3 Å². The summed E-state index contributed by atoms with van der Waals surface area (Å²) in [6.07, 6.45) is 0. The SMILES string of the molecule is N#Cc1cc2cc(O)sc2cc1Br. The maximum atomic E-state index is 9.23. The monoisotopic (exact) mass is 253 g/mol. The summed E-state index contributed by atoms with van der Waals surface area (Å²) in [5.74, 6) is 0. The van der Waals surface area contributed by atoms with Crippen LogP contribution in [0.3, 0.4) is 0 Å². The van der Waals surface area contributed by atoms with Crippen LogP contribution in [-0.4, -0.2) is 5.11 Å². The van der Waals surface area contributed by atoms with Crippen LogP contribution in [0.4, 0.5) is 0 Å². The van der Waals surface area contributed by atoms with Crippen molar-refractivity contribution < 1.29 is 5.11 Å². The Bertz CT molecular complexity index is 512. The summed E-state index contributed by atoms with van der Waals surface area (Å²) in [7, 11) is 0. The molecule has 0 saturated heterocycles. The van der Waals surface area contributed by atoms with Crippen molar-refractivity contribution in [2.75, 3.05) is 0 Å². The lowest BCUT2D eigenvalue weighted by molar-refractivity contribution is 0.491. The van der Waals surface area contributed by atoms with Crippen LogP contribution in [0.2, 0.25) is 0 Å². The third kappa shape index (κ3) is 1.41. The van der Waals surface area contributed by atoms with Crippen molar-refractivity contribution in [3.8, 4) is 11.1 Å². The van der Waals surface area contributed by atoms with E-state index in [1.165, 1.54) is 11.3 Å². The standard InChI is InChI=1S/C9H4BrNOS/c10-7-3-8-5(1-6(7)4-11)2-9(12)13-8/h1-3,12H. The van der Waals surface area contributed by atoms with Gasteiger partial charge < -0.3 is 5.11 Å². The van der Waals surface area contributed by atoms with Crippen LogP contribution in [-0.2, 0) is 0 Å². The molecular weight excluding hydrogens is 250 g/mol. The fraction of sp³-hybridized carbons (Fsp3) is 0. The third-order valence-electron chi connectivity index (χ3n) is 1.71. The highest BCUT2D eigenvalue weighted by atomic mass is 79.9. The van der Waals surface area contributed by atoms with Gasteiger partial charge in [-0.15, -0.1) is 0 Å². The lowest BCUT2D eigenvalue weighted by Gasteiger charge is -1.93. The number of thiophene rings is 1. The highest BCUT2D eigenvalue weighted by Gasteiger charge is 2.05. The molecule has 0 aliphatic heterocycles. The van der Waals surface area contributed by atoms with E-state index < -0.39 is 0 Å². The predicted octanol–water partition coefficient (Wildman–Crippen LogP) is 3.24. The van der Waals surface area contributed by atoms with Gasteiger partial charge in [0.2, 0.25) is 0 Å². The Labute approximate surface area is 87.2 Å². The fourth-order valence-electron chi connectivity index (χ4n) is 1.13. The Hall–Kier alpha value is -1.05. The van der Waals surface area contributed by atoms with Gasteiger partial charge in [0.15, 0.2) is 5.06 Å². The summed E-state index contributed by atoms with van der Waals surface area (Å²) in [5.41, 5.74) is 0.588. The van der Waals surface area contributed by atoms with Gasteiger partial charge in [-0.1, -0.05) is 11.3 Å². The first-order chi connectivity index (χ1) is 6.20. The van der Waals surface area contributed by atoms with Gasteiger partial charge in [-0.3, -0.25) is 0 Å². The lowest BCUT2D eigenvalue weighted by atomic mass is 10.2. The molecule has 0 unspecified atom stereocenters. The van der Waals surface area contributed by atoms with Crippen molar-refractivity contribution >= 4 is 37.4 Å². The Balaban J connectivity index is 2.82. The summed E-state index contributed by atoms with van der Waals surface area (Å²) in [4.78, 5) is 0. The topological polar surface area (TPSA) is 44.0 Å². The first-order valence-corrected chi connectivity index (χ1v) is 5.14. The predicted molar refractivity (Wildman–Crippen MR) is 55.9 cm³/mol. The second-order valence-corrected chi connectivity index (χ2v) is 4.48. The van der Waals surface area contributed by atoms with E-state index >= 15 is 0 Å². The van der Waals surface area contributed by atoms with Crippen LogP contribution in [0.5, 0.6) is 5.06 Å². The molecule has 0 radical (unpaired) electrons. The summed E-state index contributed by atoms with van der Waals surface area (Å²) >= 11 is 4.59. The fourth-order valence-corrected chi connectivity index (χ4v) is 2.54. The van der Waals surface area contributed by atoms with Crippen molar-refractivity contribution in [3.63, 3.8) is 0 Å². The number of rotatable bonds is 0. The van der Waals surface area contributed by atoms with E-state index in [0.29, 0.717) is 5.56 Å². The number of hydrogen-bond donors (Lipinski definition) is 1. The average molecular weight is 254 g/mol. The van der Waals surface area contributed by atoms with Crippen LogP contribution in [0.25, 0.3) is 10.1 Å². The molecule has 13 heavy (non-hydrogen) atoms. The van der Waals surface area contributed by atoms with E-state index in [4.69, 9.17) is 5.26 Å². The molecule has 0 bridgehead atoms. The largest absolute Gasteiger partial charge is 0.499 e. The molecule has 2 nitrogen and oxygen atoms in total. The molecule has 2 aromatic rings. The molecule has 0 aliphatic carbocycles. The smallest absolute Gasteiger partial charge is 0.172 e. The maximum Gasteiger partial charge on any atom is 0.172 e. The van der Waals surface area contributed by atoms with E-state index in [1.807, 2.05) is 6.07 Å². The zero-order valence-corrected chi connectivity index (χ0v) is 8.82. The lowest BCUT2D eigenvalue weighted by Crippen LogP contribution is -1.75. The number of fused-ring (bicyclic) bond motifs is 1. The zero-order valence-electron chi connectivity index (χ0n) is 6.41. The second-order valence-electron chi connectivity index (χ2n) is 2.57. The summed E-state index contributed by atoms with van der Waals surface area (Å²) < 4.78 is 1.74. The van der Waals surface area contributed by atoms with E-state index in [1.54, 1.807) is 12.1 Å². The summed E-state index contributed by atoms with van der Waals surface area (Å²) in [6, 6.07) is 7.34. The van der Waals surface area contributed by atoms with Crippen LogP contribution < -0.4 is 0 Å². The Morgan fingerprint density at radius 2 is 2.15 bits per heavy atom. The number of nitriles is 1. The molecular formula is C9H4BrNOS. The normalized spacial score (nSPS) is 10.2. The van der Waals surface area contributed by atoms with Gasteiger partial charge in [0, 0.05) is 9.17 Å². The molecule has 1 aromatic heterocycles. The Kier molecular flexibility index (Phi) is 1.98. The summed E-state index contributed by atoms with van der Waals surface area (Å²) in [5, 5.41) is 19.2. The molecule has 64 valence electrons. The molecule has 0 spiro atoms. The van der Waals surface area contributed by atoms with Crippen LogP contribution in [0.1, 0.15) is 5.56 Å². The van der Waals surface area contributed by atoms with Gasteiger partial charge in [-0.05, 0) is 39.5 Å². The van der Waals surface area contributed by atoms with Gasteiger partial charge in [0.05, 0.1) is 5.56 Å². The quantitative estimate of drug-likeness (QED) is 0.784. The summed E-state index contributed by atoms with van der Waals surface area (Å²) in [6.45, 7) is 0. The minimum absolute atomic E-state index is 0.275. The molecule has 0 atom stereocenters. The van der Waals surface area contributed by atoms with Crippen molar-refractivity contribution in [1.82, 2.24) is 0 Å². The van der Waals surface area contributed by atoms with E-state index in [9.17, 15) is 5.11 Å². The van der Waals surface area contributed by atoms with E-state index in [2.05, 4.69) is 22.0 Å². The zero-order chi connectivity index (χ0) is 9.42. The Morgan fingerprint density at radius 3 is 2.85 bits per heavy atom. The average Bonchev–Trinajstić information content (AvgIpc) is 2.42. The van der Waals surface area contributed by atoms with Crippen LogP contribution in [0, 0.1) is 11.3 Å². The maximum absolute atomic E-state index is 9.23. The Morgan fingerprint density at radius 1 is 1.38 bits per heavy atom. The minimum atomic E-state index is 0.275. The molecule has 1 aromatic carbocycles. The van der Waals surface area contributed by atoms with Gasteiger partial charge in [0.25, 0.3) is 0 Å². The van der Waals surface area contributed by atoms with Gasteiger partial charge in [-0.2, -0.15) is 5.26 Å². The number of nitrogens with zero attached hydrogens (tertiary/aromatic N) is 1. The molecule has 0 fully saturated rings. The number of benzene rings is 1. The molecule has 0 amide bonds. The number of aromatic hydroxyl groups is 1. The molecule has 1 heterocycles. The molecule has 4 heteroatoms. The molecule has 2 rings (SSSR count). The first kappa shape index (κ1) is 8.54. The third-order valence-corrected chi connectivity index (χ3v) is 3.27. The second kappa shape index (κ2) is 3.02. The van der Waals surface area contributed by atoms with Gasteiger partial charge in [-0.25, -0.2) is 0 Å². The van der Waals surface area contributed by atoms with Crippen LogP contribution in [0.15, 0.2) is 22.7 Å². The highest BCUT2D eigenvalue weighted by Crippen LogP contribution is 2.33. The van der Waals surface area contributed by atoms with Crippen molar-refractivity contribution in [2.24, 2.45) is 0 Å². The highest BCUT2D eigenvalue weighted by molar-refractivity contribution is 9.10. The number of hydrogen-bond acceptors (Lipinski definition) is 3. The molecule has 0 saturated carbocycles. The van der Waals surface area contributed by atoms with Crippen molar-refractivity contribution in [2.45, 2.75) is 0 Å². The number of halogens is 1. The van der Waals surface area contributed by atoms with Crippen molar-refractivity contribution in [1.29, 1.82) is 5.26 Å². The van der Waals surface area contributed by atoms with Gasteiger partial charge in [0.1, 0.15) is 6.07 Å². The van der Waals surface area contributed by atoms with E-state index in [0.717, 1.165) is 14.6 Å². The minimum Gasteiger partial charge on any atom is -0.499 e. The molecule has 1 N–H and O–H groups in total.